The third-order valence-corrected chi connectivity index (χ3v) is 6.28. The summed E-state index contributed by atoms with van der Waals surface area (Å²) >= 11 is 0. The van der Waals surface area contributed by atoms with Gasteiger partial charge in [-0.1, -0.05) is 56.3 Å². The van der Waals surface area contributed by atoms with E-state index in [2.05, 4.69) is 38.1 Å². The zero-order valence-electron chi connectivity index (χ0n) is 17.5. The van der Waals surface area contributed by atoms with Gasteiger partial charge in [0.15, 0.2) is 0 Å². The van der Waals surface area contributed by atoms with Crippen molar-refractivity contribution < 1.29 is 9.59 Å². The molecule has 4 rings (SSSR count). The second-order valence-electron chi connectivity index (χ2n) is 8.50. The highest BCUT2D eigenvalue weighted by molar-refractivity contribution is 6.09. The fraction of sp³-hybridized carbons (Fsp3) is 0.417. The predicted molar refractivity (Wildman–Crippen MR) is 122 cm³/mol. The lowest BCUT2D eigenvalue weighted by atomic mass is 9.95. The number of hydrogen-bond acceptors (Lipinski definition) is 3. The standard InChI is InChI=1S/C24H29N3O2.ClH/c1-16(2)17-8-10-19(11-9-17)27-13-12-20(24(27)29)23(28)26-14-21(22(25)15-26)18-6-4-3-5-7-18;/h3-11,16,20-22H,12-15,25H2,1-2H3;1H/t20?,21-,22+;/m0./s1. The van der Waals surface area contributed by atoms with Crippen LogP contribution in [0.25, 0.3) is 0 Å². The predicted octanol–water partition coefficient (Wildman–Crippen LogP) is 3.54. The monoisotopic (exact) mass is 427 g/mol. The van der Waals surface area contributed by atoms with Gasteiger partial charge in [0.25, 0.3) is 0 Å². The zero-order chi connectivity index (χ0) is 20.5. The normalized spacial score (nSPS) is 23.7. The highest BCUT2D eigenvalue weighted by Gasteiger charge is 2.43. The summed E-state index contributed by atoms with van der Waals surface area (Å²) in [6, 6.07) is 18.1. The van der Waals surface area contributed by atoms with Gasteiger partial charge in [-0.15, -0.1) is 12.4 Å². The molecule has 1 unspecified atom stereocenters. The Morgan fingerprint density at radius 2 is 1.70 bits per heavy atom. The number of carbonyl (C=O) groups is 2. The fourth-order valence-electron chi connectivity index (χ4n) is 4.49. The van der Waals surface area contributed by atoms with Crippen molar-refractivity contribution >= 4 is 29.9 Å². The molecule has 0 aromatic heterocycles. The second kappa shape index (κ2) is 9.19. The van der Waals surface area contributed by atoms with E-state index in [1.807, 2.05) is 30.3 Å². The van der Waals surface area contributed by atoms with Gasteiger partial charge in [0.2, 0.25) is 11.8 Å². The minimum absolute atomic E-state index is 0. The molecule has 2 fully saturated rings. The van der Waals surface area contributed by atoms with Gasteiger partial charge in [-0.3, -0.25) is 9.59 Å². The Bertz CT molecular complexity index is 885. The number of anilines is 1. The maximum absolute atomic E-state index is 13.1. The van der Waals surface area contributed by atoms with Gasteiger partial charge < -0.3 is 15.5 Å². The molecule has 2 saturated heterocycles. The van der Waals surface area contributed by atoms with Crippen molar-refractivity contribution in [1.29, 1.82) is 0 Å². The highest BCUT2D eigenvalue weighted by atomic mass is 35.5. The summed E-state index contributed by atoms with van der Waals surface area (Å²) in [6.45, 7) is 5.96. The average molecular weight is 428 g/mol. The topological polar surface area (TPSA) is 66.6 Å². The number of rotatable bonds is 4. The van der Waals surface area contributed by atoms with Gasteiger partial charge in [0.1, 0.15) is 5.92 Å². The summed E-state index contributed by atoms with van der Waals surface area (Å²) < 4.78 is 0. The Labute approximate surface area is 184 Å². The van der Waals surface area contributed by atoms with E-state index in [9.17, 15) is 9.59 Å². The van der Waals surface area contributed by atoms with Crippen molar-refractivity contribution in [3.8, 4) is 0 Å². The lowest BCUT2D eigenvalue weighted by Crippen LogP contribution is -2.40. The molecule has 5 nitrogen and oxygen atoms in total. The van der Waals surface area contributed by atoms with Gasteiger partial charge in [0, 0.05) is 37.3 Å². The molecule has 0 spiro atoms. The van der Waals surface area contributed by atoms with Crippen LogP contribution >= 0.6 is 12.4 Å². The first-order valence-corrected chi connectivity index (χ1v) is 10.5. The molecular weight excluding hydrogens is 398 g/mol. The van der Waals surface area contributed by atoms with Crippen molar-refractivity contribution in [2.75, 3.05) is 24.5 Å². The number of benzene rings is 2. The van der Waals surface area contributed by atoms with E-state index in [1.165, 1.54) is 5.56 Å². The van der Waals surface area contributed by atoms with Gasteiger partial charge >= 0.3 is 0 Å². The number of nitrogens with zero attached hydrogens (tertiary/aromatic N) is 2. The maximum Gasteiger partial charge on any atom is 0.239 e. The summed E-state index contributed by atoms with van der Waals surface area (Å²) in [4.78, 5) is 29.7. The van der Waals surface area contributed by atoms with Crippen molar-refractivity contribution in [2.45, 2.75) is 38.1 Å². The Hall–Kier alpha value is -2.37. The average Bonchev–Trinajstić information content (AvgIpc) is 3.31. The number of hydrogen-bond donors (Lipinski definition) is 1. The second-order valence-corrected chi connectivity index (χ2v) is 8.50. The van der Waals surface area contributed by atoms with Crippen LogP contribution < -0.4 is 10.6 Å². The minimum Gasteiger partial charge on any atom is -0.340 e. The first-order chi connectivity index (χ1) is 14.0. The quantitative estimate of drug-likeness (QED) is 0.759. The molecule has 0 saturated carbocycles. The van der Waals surface area contributed by atoms with E-state index in [0.717, 1.165) is 11.3 Å². The van der Waals surface area contributed by atoms with Crippen LogP contribution in [0.1, 0.15) is 43.2 Å². The zero-order valence-corrected chi connectivity index (χ0v) is 18.3. The molecule has 3 atom stereocenters. The Morgan fingerprint density at radius 3 is 2.33 bits per heavy atom. The van der Waals surface area contributed by atoms with E-state index >= 15 is 0 Å². The smallest absolute Gasteiger partial charge is 0.239 e. The van der Waals surface area contributed by atoms with Crippen molar-refractivity contribution in [1.82, 2.24) is 4.90 Å². The highest BCUT2D eigenvalue weighted by Crippen LogP contribution is 2.31. The van der Waals surface area contributed by atoms with Crippen molar-refractivity contribution in [3.05, 3.63) is 65.7 Å². The van der Waals surface area contributed by atoms with Crippen LogP contribution in [0.4, 0.5) is 5.69 Å². The molecule has 160 valence electrons. The number of amides is 2. The lowest BCUT2D eigenvalue weighted by Gasteiger charge is -2.21. The molecule has 2 amide bonds. The Morgan fingerprint density at radius 1 is 1.03 bits per heavy atom. The Kier molecular flexibility index (Phi) is 6.84. The number of nitrogens with two attached hydrogens (primary N) is 1. The molecular formula is C24H30ClN3O2. The van der Waals surface area contributed by atoms with Gasteiger partial charge in [-0.05, 0) is 35.6 Å². The van der Waals surface area contributed by atoms with Crippen LogP contribution in [0, 0.1) is 5.92 Å². The van der Waals surface area contributed by atoms with Gasteiger partial charge in [-0.2, -0.15) is 0 Å². The first-order valence-electron chi connectivity index (χ1n) is 10.5. The number of likely N-dealkylation sites (tertiary alicyclic amines) is 1. The molecule has 30 heavy (non-hydrogen) atoms. The summed E-state index contributed by atoms with van der Waals surface area (Å²) in [7, 11) is 0. The van der Waals surface area contributed by atoms with E-state index in [-0.39, 0.29) is 36.2 Å². The molecule has 2 N–H and O–H groups in total. The van der Waals surface area contributed by atoms with Crippen LogP contribution in [0.3, 0.4) is 0 Å². The molecule has 0 radical (unpaired) electrons. The van der Waals surface area contributed by atoms with Gasteiger partial charge in [-0.25, -0.2) is 0 Å². The van der Waals surface area contributed by atoms with Crippen LogP contribution in [-0.4, -0.2) is 42.4 Å². The molecule has 2 aliphatic heterocycles. The third-order valence-electron chi connectivity index (χ3n) is 6.28. The van der Waals surface area contributed by atoms with Crippen molar-refractivity contribution in [2.24, 2.45) is 11.7 Å². The van der Waals surface area contributed by atoms with E-state index in [1.54, 1.807) is 9.80 Å². The SMILES string of the molecule is CC(C)c1ccc(N2CCC(C(=O)N3C[C@@H](N)[C@H](c4ccccc4)C3)C2=O)cc1.Cl. The summed E-state index contributed by atoms with van der Waals surface area (Å²) in [6.07, 6.45) is 0.561. The molecule has 2 heterocycles. The van der Waals surface area contributed by atoms with Crippen LogP contribution in [0.5, 0.6) is 0 Å². The van der Waals surface area contributed by atoms with Gasteiger partial charge in [0.05, 0.1) is 0 Å². The molecule has 2 aliphatic rings. The number of carbonyl (C=O) groups excluding carboxylic acids is 2. The maximum atomic E-state index is 13.1. The van der Waals surface area contributed by atoms with Crippen molar-refractivity contribution in [3.63, 3.8) is 0 Å². The van der Waals surface area contributed by atoms with Crippen LogP contribution in [-0.2, 0) is 9.59 Å². The fourth-order valence-corrected chi connectivity index (χ4v) is 4.49. The lowest BCUT2D eigenvalue weighted by molar-refractivity contribution is -0.139. The summed E-state index contributed by atoms with van der Waals surface area (Å²) in [5.41, 5.74) is 9.60. The van der Waals surface area contributed by atoms with Crippen LogP contribution in [0.15, 0.2) is 54.6 Å². The van der Waals surface area contributed by atoms with E-state index in [0.29, 0.717) is 32.0 Å². The first kappa shape index (κ1) is 22.3. The largest absolute Gasteiger partial charge is 0.340 e. The summed E-state index contributed by atoms with van der Waals surface area (Å²) in [5, 5.41) is 0. The summed E-state index contributed by atoms with van der Waals surface area (Å²) in [5.74, 6) is -0.198. The molecule has 0 bridgehead atoms. The van der Waals surface area contributed by atoms with Crippen LogP contribution in [0.2, 0.25) is 0 Å². The molecule has 2 aromatic carbocycles. The molecule has 6 heteroatoms. The molecule has 2 aromatic rings. The molecule has 0 aliphatic carbocycles. The Balaban J connectivity index is 0.00000256. The van der Waals surface area contributed by atoms with E-state index in [4.69, 9.17) is 5.73 Å². The minimum atomic E-state index is -0.596. The number of halogens is 1. The third kappa shape index (κ3) is 4.23. The van der Waals surface area contributed by atoms with E-state index < -0.39 is 5.92 Å².